The van der Waals surface area contributed by atoms with Gasteiger partial charge in [0.15, 0.2) is 0 Å². The topological polar surface area (TPSA) is 188 Å². The van der Waals surface area contributed by atoms with E-state index in [-0.39, 0.29) is 63.8 Å². The number of rotatable bonds is 13. The van der Waals surface area contributed by atoms with E-state index in [1.54, 1.807) is 13.0 Å². The lowest BCUT2D eigenvalue weighted by Gasteiger charge is -2.64. The fraction of sp³-hybridized carbons (Fsp3) is 0.684. The summed E-state index contributed by atoms with van der Waals surface area (Å²) in [5.41, 5.74) is 0.353. The van der Waals surface area contributed by atoms with Crippen LogP contribution in [0.2, 0.25) is 0 Å². The van der Waals surface area contributed by atoms with Crippen LogP contribution in [0.4, 0.5) is 0 Å². The third-order valence-electron chi connectivity index (χ3n) is 12.9. The zero-order valence-corrected chi connectivity index (χ0v) is 32.1. The van der Waals surface area contributed by atoms with Crippen molar-refractivity contribution in [2.75, 3.05) is 13.2 Å². The first-order chi connectivity index (χ1) is 25.1. The van der Waals surface area contributed by atoms with Crippen LogP contribution in [0.15, 0.2) is 50.0 Å². The summed E-state index contributed by atoms with van der Waals surface area (Å²) in [5.74, 6) is -1.09. The first kappa shape index (κ1) is 38.7. The van der Waals surface area contributed by atoms with Crippen molar-refractivity contribution in [2.45, 2.75) is 128 Å². The number of oxime groups is 1. The van der Waals surface area contributed by atoms with E-state index in [4.69, 9.17) is 19.0 Å². The molecule has 290 valence electrons. The van der Waals surface area contributed by atoms with E-state index in [0.717, 1.165) is 63.5 Å². The molecule has 2 bridgehead atoms. The molecule has 0 saturated heterocycles. The number of carbonyl (C=O) groups is 3. The molecular formula is C38H51N3O11S. The minimum atomic E-state index is -4.26. The van der Waals surface area contributed by atoms with Gasteiger partial charge in [-0.25, -0.2) is 13.2 Å². The van der Waals surface area contributed by atoms with Crippen molar-refractivity contribution in [1.82, 2.24) is 5.16 Å². The van der Waals surface area contributed by atoms with Crippen LogP contribution >= 0.6 is 0 Å². The summed E-state index contributed by atoms with van der Waals surface area (Å²) in [7, 11) is -4.26. The second-order valence-corrected chi connectivity index (χ2v) is 18.1. The van der Waals surface area contributed by atoms with E-state index in [0.29, 0.717) is 12.5 Å². The number of fused-ring (bicyclic) bond motifs is 3. The number of hydrogen-bond acceptors (Lipinski definition) is 13. The maximum Gasteiger partial charge on any atom is 0.414 e. The quantitative estimate of drug-likeness (QED) is 0.102. The lowest BCUT2D eigenvalue weighted by atomic mass is 9.40. The molecule has 0 amide bonds. The van der Waals surface area contributed by atoms with Crippen LogP contribution in [0.5, 0.6) is 5.88 Å². The largest absolute Gasteiger partial charge is 0.466 e. The Labute approximate surface area is 310 Å². The number of nitrogens with zero attached hydrogens (tertiary/aromatic N) is 3. The van der Waals surface area contributed by atoms with E-state index in [9.17, 15) is 28.0 Å². The zero-order valence-electron chi connectivity index (χ0n) is 31.3. The normalized spacial score (nSPS) is 31.9. The highest BCUT2D eigenvalue weighted by atomic mass is 32.2. The maximum atomic E-state index is 13.2. The van der Waals surface area contributed by atoms with E-state index >= 15 is 0 Å². The minimum absolute atomic E-state index is 0.0245. The van der Waals surface area contributed by atoms with Crippen molar-refractivity contribution in [3.8, 4) is 5.88 Å². The number of aromatic nitrogens is 2. The summed E-state index contributed by atoms with van der Waals surface area (Å²) >= 11 is 0. The molecule has 53 heavy (non-hydrogen) atoms. The summed E-state index contributed by atoms with van der Waals surface area (Å²) in [4.78, 5) is 43.6. The smallest absolute Gasteiger partial charge is 0.414 e. The van der Waals surface area contributed by atoms with E-state index < -0.39 is 44.2 Å². The molecule has 1 unspecified atom stereocenters. The van der Waals surface area contributed by atoms with Crippen molar-refractivity contribution in [3.05, 3.63) is 35.5 Å². The number of esters is 2. The predicted octanol–water partition coefficient (Wildman–Crippen LogP) is 5.89. The molecule has 4 fully saturated rings. The molecule has 0 radical (unpaired) electrons. The van der Waals surface area contributed by atoms with Crippen LogP contribution < -0.4 is 9.64 Å². The fourth-order valence-electron chi connectivity index (χ4n) is 10.5. The van der Waals surface area contributed by atoms with E-state index in [1.807, 2.05) is 6.92 Å². The zero-order chi connectivity index (χ0) is 38.2. The lowest BCUT2D eigenvalue weighted by Crippen LogP contribution is -2.58. The van der Waals surface area contributed by atoms with Gasteiger partial charge in [-0.3, -0.25) is 14.2 Å². The van der Waals surface area contributed by atoms with Gasteiger partial charge in [0.05, 0.1) is 47.2 Å². The number of sulfone groups is 1. The molecule has 1 aromatic carbocycles. The van der Waals surface area contributed by atoms with Gasteiger partial charge in [0.1, 0.15) is 6.10 Å². The van der Waals surface area contributed by atoms with Crippen LogP contribution in [0.1, 0.15) is 112 Å². The highest BCUT2D eigenvalue weighted by molar-refractivity contribution is 7.91. The standard InChI is InChI=1S/C38H51N3O11S/c1-6-48-34(44)37(5)19-10-18-36(4)27(37)16-21-38-23-29(35(3,24-38)20-15-28(36)38)39-51-31(43)14-13-30(42)50-25(2)17-22-49-32-33(41(45)52-40-32)53(46,47)26-11-8-7-9-12-26/h7-9,11-12,25,27-28H,6,10,13-24H2,1-5H3/b39-29+/t25?,27-,28-,35-,36+,37+,38-/m0/s1. The van der Waals surface area contributed by atoms with E-state index in [1.165, 1.54) is 24.3 Å². The highest BCUT2D eigenvalue weighted by Gasteiger charge is 2.68. The van der Waals surface area contributed by atoms with Crippen molar-refractivity contribution in [3.63, 3.8) is 0 Å². The SMILES string of the molecule is CCOC(=O)[C@]1(C)CCC[C@@]2(C)[C@@H]3CC[C@@]4(C)C[C@]3(CC[C@@H]21)C/C4=N\OC(=O)CCC(=O)OC(C)CCOc1no[n+]([O-])c1S(=O)(=O)c1ccccc1. The van der Waals surface area contributed by atoms with Gasteiger partial charge in [0.25, 0.3) is 9.84 Å². The van der Waals surface area contributed by atoms with Gasteiger partial charge >= 0.3 is 28.8 Å². The number of ether oxygens (including phenoxy) is 3. The molecule has 1 aromatic heterocycles. The Bertz CT molecular complexity index is 1850. The Kier molecular flexibility index (Phi) is 10.7. The Morgan fingerprint density at radius 2 is 1.75 bits per heavy atom. The Balaban J connectivity index is 0.984. The monoisotopic (exact) mass is 757 g/mol. The average Bonchev–Trinajstić information content (AvgIpc) is 3.58. The van der Waals surface area contributed by atoms with Crippen LogP contribution in [-0.2, 0) is 38.5 Å². The van der Waals surface area contributed by atoms with Gasteiger partial charge in [0, 0.05) is 11.8 Å². The van der Waals surface area contributed by atoms with Crippen LogP contribution in [-0.4, -0.2) is 56.5 Å². The summed E-state index contributed by atoms with van der Waals surface area (Å²) < 4.78 is 46.8. The molecule has 14 nitrogen and oxygen atoms in total. The van der Waals surface area contributed by atoms with Crippen LogP contribution in [0.3, 0.4) is 0 Å². The van der Waals surface area contributed by atoms with Gasteiger partial charge in [-0.1, -0.05) is 43.6 Å². The van der Waals surface area contributed by atoms with Crippen molar-refractivity contribution >= 4 is 33.5 Å². The van der Waals surface area contributed by atoms with Crippen LogP contribution in [0.25, 0.3) is 0 Å². The van der Waals surface area contributed by atoms with Crippen molar-refractivity contribution in [2.24, 2.45) is 38.7 Å². The molecule has 15 heteroatoms. The van der Waals surface area contributed by atoms with Gasteiger partial charge in [-0.05, 0) is 112 Å². The first-order valence-electron chi connectivity index (χ1n) is 18.7. The first-order valence-corrected chi connectivity index (χ1v) is 20.2. The minimum Gasteiger partial charge on any atom is -0.466 e. The molecule has 4 aliphatic carbocycles. The van der Waals surface area contributed by atoms with Crippen molar-refractivity contribution in [1.29, 1.82) is 0 Å². The average molecular weight is 758 g/mol. The summed E-state index contributed by atoms with van der Waals surface area (Å²) in [6, 6.07) is 7.33. The lowest BCUT2D eigenvalue weighted by molar-refractivity contribution is -0.832. The van der Waals surface area contributed by atoms with Gasteiger partial charge in [0.2, 0.25) is 0 Å². The Morgan fingerprint density at radius 3 is 2.49 bits per heavy atom. The molecule has 1 spiro atoms. The molecule has 6 rings (SSSR count). The molecule has 1 heterocycles. The van der Waals surface area contributed by atoms with Crippen molar-refractivity contribution < 1.29 is 51.4 Å². The highest BCUT2D eigenvalue weighted by Crippen LogP contribution is 2.73. The van der Waals surface area contributed by atoms with Gasteiger partial charge in [-0.2, -0.15) is 0 Å². The summed E-state index contributed by atoms with van der Waals surface area (Å²) in [6.07, 6.45) is 7.77. The molecule has 4 aliphatic rings. The fourth-order valence-corrected chi connectivity index (χ4v) is 11.8. The molecular weight excluding hydrogens is 706 g/mol. The van der Waals surface area contributed by atoms with Crippen LogP contribution in [0, 0.1) is 38.7 Å². The number of carbonyl (C=O) groups excluding carboxylic acids is 3. The summed E-state index contributed by atoms with van der Waals surface area (Å²) in [5, 5.41) is 19.2. The third kappa shape index (κ3) is 7.17. The molecule has 7 atom stereocenters. The summed E-state index contributed by atoms with van der Waals surface area (Å²) in [6.45, 7) is 10.5. The second kappa shape index (κ2) is 14.7. The molecule has 2 aromatic rings. The van der Waals surface area contributed by atoms with Gasteiger partial charge < -0.3 is 24.3 Å². The number of benzene rings is 1. The molecule has 0 N–H and O–H groups in total. The number of hydrogen-bond donors (Lipinski definition) is 0. The predicted molar refractivity (Wildman–Crippen MR) is 188 cm³/mol. The van der Waals surface area contributed by atoms with E-state index in [2.05, 4.69) is 35.7 Å². The molecule has 0 aliphatic heterocycles. The Morgan fingerprint density at radius 1 is 1.04 bits per heavy atom. The maximum absolute atomic E-state index is 13.2. The molecule has 4 saturated carbocycles. The Hall–Kier alpha value is -4.01. The van der Waals surface area contributed by atoms with Gasteiger partial charge in [-0.15, -0.1) is 0 Å². The third-order valence-corrected chi connectivity index (χ3v) is 14.6. The second-order valence-electron chi connectivity index (χ2n) is 16.3.